The van der Waals surface area contributed by atoms with Crippen molar-refractivity contribution in [2.45, 2.75) is 62.6 Å². The number of hydrogen-bond donors (Lipinski definition) is 1. The zero-order valence-electron chi connectivity index (χ0n) is 15.6. The third-order valence-electron chi connectivity index (χ3n) is 6.57. The van der Waals surface area contributed by atoms with E-state index in [0.29, 0.717) is 22.9 Å². The second-order valence-electron chi connectivity index (χ2n) is 8.29. The van der Waals surface area contributed by atoms with Gasteiger partial charge >= 0.3 is 0 Å². The molecule has 0 radical (unpaired) electrons. The summed E-state index contributed by atoms with van der Waals surface area (Å²) in [6.45, 7) is 0. The molecule has 144 valence electrons. The van der Waals surface area contributed by atoms with E-state index in [1.54, 1.807) is 23.0 Å². The molecule has 3 atom stereocenters. The summed E-state index contributed by atoms with van der Waals surface area (Å²) in [6.07, 6.45) is 9.44. The lowest BCUT2D eigenvalue weighted by Gasteiger charge is -2.22. The molecule has 5 nitrogen and oxygen atoms in total. The summed E-state index contributed by atoms with van der Waals surface area (Å²) in [7, 11) is 1.78. The number of hydrogen-bond acceptors (Lipinski definition) is 5. The summed E-state index contributed by atoms with van der Waals surface area (Å²) in [5.41, 5.74) is 1.26. The largest absolute Gasteiger partial charge is 0.352 e. The number of aromatic nitrogens is 2. The van der Waals surface area contributed by atoms with E-state index >= 15 is 0 Å². The highest BCUT2D eigenvalue weighted by atomic mass is 32.2. The topological polar surface area (TPSA) is 64.0 Å². The zero-order valence-corrected chi connectivity index (χ0v) is 17.3. The Kier molecular flexibility index (Phi) is 4.55. The number of carbonyl (C=O) groups excluding carboxylic acids is 1. The fraction of sp³-hybridized carbons (Fsp3) is 0.650. The van der Waals surface area contributed by atoms with Gasteiger partial charge in [0.25, 0.3) is 5.56 Å². The maximum Gasteiger partial charge on any atom is 0.262 e. The minimum Gasteiger partial charge on any atom is -0.352 e. The highest BCUT2D eigenvalue weighted by Gasteiger charge is 2.40. The van der Waals surface area contributed by atoms with Gasteiger partial charge in [-0.3, -0.25) is 14.2 Å². The third-order valence-corrected chi connectivity index (χ3v) is 8.79. The van der Waals surface area contributed by atoms with Crippen LogP contribution in [0.1, 0.15) is 49.0 Å². The van der Waals surface area contributed by atoms with Crippen LogP contribution in [0, 0.1) is 11.8 Å². The Balaban J connectivity index is 1.32. The van der Waals surface area contributed by atoms with Crippen LogP contribution in [-0.2, 0) is 24.7 Å². The molecular weight excluding hydrogens is 378 g/mol. The minimum atomic E-state index is 0.0374. The van der Waals surface area contributed by atoms with E-state index in [1.165, 1.54) is 47.9 Å². The third kappa shape index (κ3) is 3.12. The first-order valence-corrected chi connectivity index (χ1v) is 11.8. The Bertz CT molecular complexity index is 964. The first kappa shape index (κ1) is 17.7. The van der Waals surface area contributed by atoms with Crippen molar-refractivity contribution >= 4 is 39.2 Å². The number of nitrogens with zero attached hydrogens (tertiary/aromatic N) is 2. The van der Waals surface area contributed by atoms with Crippen LogP contribution >= 0.6 is 23.1 Å². The summed E-state index contributed by atoms with van der Waals surface area (Å²) >= 11 is 3.05. The lowest BCUT2D eigenvalue weighted by molar-refractivity contribution is -0.119. The number of thiophene rings is 1. The molecule has 1 N–H and O–H groups in total. The van der Waals surface area contributed by atoms with Gasteiger partial charge in [0.2, 0.25) is 5.91 Å². The van der Waals surface area contributed by atoms with Crippen molar-refractivity contribution in [3.05, 3.63) is 20.8 Å². The average Bonchev–Trinajstić information content (AvgIpc) is 3.36. The fourth-order valence-corrected chi connectivity index (χ4v) is 7.28. The van der Waals surface area contributed by atoms with E-state index in [-0.39, 0.29) is 11.5 Å². The summed E-state index contributed by atoms with van der Waals surface area (Å²) in [6, 6.07) is 0.361. The molecule has 2 aromatic rings. The van der Waals surface area contributed by atoms with E-state index in [1.807, 2.05) is 0 Å². The Morgan fingerprint density at radius 1 is 1.30 bits per heavy atom. The monoisotopic (exact) mass is 403 g/mol. The summed E-state index contributed by atoms with van der Waals surface area (Å²) in [4.78, 5) is 32.3. The molecule has 0 spiro atoms. The molecular formula is C20H25N3O2S2. The SMILES string of the molecule is Cn1c(SCC(=O)NC2CC3CCC2C3)nc2sc3c(c2c1=O)CCCC3. The Hall–Kier alpha value is -1.34. The first-order valence-electron chi connectivity index (χ1n) is 10.0. The van der Waals surface area contributed by atoms with Crippen molar-refractivity contribution in [1.82, 2.24) is 14.9 Å². The highest BCUT2D eigenvalue weighted by molar-refractivity contribution is 7.99. The molecule has 2 bridgehead atoms. The van der Waals surface area contributed by atoms with Crippen LogP contribution in [0.25, 0.3) is 10.2 Å². The lowest BCUT2D eigenvalue weighted by Crippen LogP contribution is -2.39. The van der Waals surface area contributed by atoms with Gasteiger partial charge in [0.15, 0.2) is 5.16 Å². The van der Waals surface area contributed by atoms with Gasteiger partial charge in [0.1, 0.15) is 4.83 Å². The average molecular weight is 404 g/mol. The van der Waals surface area contributed by atoms with Gasteiger partial charge in [0, 0.05) is 18.0 Å². The van der Waals surface area contributed by atoms with Crippen molar-refractivity contribution in [2.24, 2.45) is 18.9 Å². The second-order valence-corrected chi connectivity index (χ2v) is 10.3. The second kappa shape index (κ2) is 6.92. The molecule has 3 aliphatic carbocycles. The van der Waals surface area contributed by atoms with Gasteiger partial charge in [-0.2, -0.15) is 0 Å². The molecule has 2 aromatic heterocycles. The van der Waals surface area contributed by atoms with Crippen molar-refractivity contribution in [1.29, 1.82) is 0 Å². The van der Waals surface area contributed by atoms with Crippen LogP contribution in [0.4, 0.5) is 0 Å². The zero-order chi connectivity index (χ0) is 18.5. The normalized spacial score (nSPS) is 26.5. The number of thioether (sulfide) groups is 1. The molecule has 27 heavy (non-hydrogen) atoms. The van der Waals surface area contributed by atoms with Crippen molar-refractivity contribution in [3.8, 4) is 0 Å². The van der Waals surface area contributed by atoms with Gasteiger partial charge in [-0.15, -0.1) is 11.3 Å². The van der Waals surface area contributed by atoms with Crippen molar-refractivity contribution < 1.29 is 4.79 Å². The Morgan fingerprint density at radius 2 is 2.15 bits per heavy atom. The van der Waals surface area contributed by atoms with Crippen LogP contribution in [0.2, 0.25) is 0 Å². The summed E-state index contributed by atoms with van der Waals surface area (Å²) in [5.74, 6) is 1.89. The fourth-order valence-electron chi connectivity index (χ4n) is 5.20. The first-order chi connectivity index (χ1) is 13.1. The number of aryl methyl sites for hydroxylation is 2. The highest BCUT2D eigenvalue weighted by Crippen LogP contribution is 2.44. The summed E-state index contributed by atoms with van der Waals surface area (Å²) < 4.78 is 1.62. The van der Waals surface area contributed by atoms with Gasteiger partial charge < -0.3 is 5.32 Å². The molecule has 2 saturated carbocycles. The predicted octanol–water partition coefficient (Wildman–Crippen LogP) is 3.27. The van der Waals surface area contributed by atoms with Crippen LogP contribution in [0.15, 0.2) is 9.95 Å². The number of fused-ring (bicyclic) bond motifs is 5. The molecule has 1 amide bonds. The van der Waals surface area contributed by atoms with E-state index in [9.17, 15) is 9.59 Å². The standard InChI is InChI=1S/C20H25N3O2S2/c1-23-19(25)17-13-4-2-3-5-15(13)27-18(17)22-20(23)26-10-16(24)21-14-9-11-6-7-12(14)8-11/h11-12,14H,2-10H2,1H3,(H,21,24). The molecule has 5 rings (SSSR count). The summed E-state index contributed by atoms with van der Waals surface area (Å²) in [5, 5.41) is 4.68. The quantitative estimate of drug-likeness (QED) is 0.629. The number of carbonyl (C=O) groups is 1. The molecule has 3 unspecified atom stereocenters. The molecule has 7 heteroatoms. The Labute approximate surface area is 166 Å². The molecule has 3 aliphatic rings. The maximum atomic E-state index is 12.9. The molecule has 2 heterocycles. The lowest BCUT2D eigenvalue weighted by atomic mass is 9.95. The molecule has 2 fully saturated rings. The van der Waals surface area contributed by atoms with Gasteiger partial charge in [0.05, 0.1) is 11.1 Å². The number of nitrogens with one attached hydrogen (secondary N) is 1. The van der Waals surface area contributed by atoms with Crippen LogP contribution in [0.3, 0.4) is 0 Å². The predicted molar refractivity (Wildman–Crippen MR) is 110 cm³/mol. The van der Waals surface area contributed by atoms with Gasteiger partial charge in [-0.05, 0) is 62.3 Å². The van der Waals surface area contributed by atoms with E-state index in [0.717, 1.165) is 41.8 Å². The van der Waals surface area contributed by atoms with Crippen molar-refractivity contribution in [2.75, 3.05) is 5.75 Å². The van der Waals surface area contributed by atoms with Crippen LogP contribution in [0.5, 0.6) is 0 Å². The molecule has 0 aromatic carbocycles. The maximum absolute atomic E-state index is 12.9. The minimum absolute atomic E-state index is 0.0374. The van der Waals surface area contributed by atoms with Crippen molar-refractivity contribution in [3.63, 3.8) is 0 Å². The van der Waals surface area contributed by atoms with E-state index in [2.05, 4.69) is 5.32 Å². The molecule has 0 aliphatic heterocycles. The number of amides is 1. The van der Waals surface area contributed by atoms with Gasteiger partial charge in [-0.25, -0.2) is 4.98 Å². The van der Waals surface area contributed by atoms with Crippen LogP contribution < -0.4 is 10.9 Å². The number of rotatable bonds is 4. The van der Waals surface area contributed by atoms with Gasteiger partial charge in [-0.1, -0.05) is 18.2 Å². The smallest absolute Gasteiger partial charge is 0.262 e. The Morgan fingerprint density at radius 3 is 2.93 bits per heavy atom. The molecule has 0 saturated heterocycles. The van der Waals surface area contributed by atoms with Crippen LogP contribution in [-0.4, -0.2) is 27.3 Å². The van der Waals surface area contributed by atoms with E-state index in [4.69, 9.17) is 4.98 Å². The van der Waals surface area contributed by atoms with E-state index < -0.39 is 0 Å².